The fraction of sp³-hybridized carbons (Fsp3) is 0.115. The van der Waals surface area contributed by atoms with Crippen LogP contribution in [0.4, 0.5) is 5.69 Å². The van der Waals surface area contributed by atoms with Gasteiger partial charge in [-0.2, -0.15) is 5.10 Å². The molecule has 0 saturated heterocycles. The van der Waals surface area contributed by atoms with Gasteiger partial charge in [0.2, 0.25) is 0 Å². The van der Waals surface area contributed by atoms with Gasteiger partial charge in [0.05, 0.1) is 11.4 Å². The highest BCUT2D eigenvalue weighted by Gasteiger charge is 2.29. The quantitative estimate of drug-likeness (QED) is 0.341. The number of fused-ring (bicyclic) bond motifs is 5. The van der Waals surface area contributed by atoms with Crippen LogP contribution in [-0.2, 0) is 0 Å². The molecular formula is C26H21N3. The van der Waals surface area contributed by atoms with Gasteiger partial charge in [-0.3, -0.25) is 0 Å². The third kappa shape index (κ3) is 2.34. The molecule has 0 bridgehead atoms. The molecule has 0 unspecified atom stereocenters. The van der Waals surface area contributed by atoms with E-state index >= 15 is 0 Å². The lowest BCUT2D eigenvalue weighted by molar-refractivity contribution is 0.577. The number of benzene rings is 4. The van der Waals surface area contributed by atoms with Gasteiger partial charge in [0.25, 0.3) is 0 Å². The maximum absolute atomic E-state index is 4.91. The van der Waals surface area contributed by atoms with Crippen LogP contribution >= 0.6 is 0 Å². The van der Waals surface area contributed by atoms with Crippen LogP contribution in [0.25, 0.3) is 32.8 Å². The van der Waals surface area contributed by atoms with Gasteiger partial charge in [-0.25, -0.2) is 4.68 Å². The van der Waals surface area contributed by atoms with Crippen molar-refractivity contribution >= 4 is 27.2 Å². The average molecular weight is 375 g/mol. The zero-order valence-corrected chi connectivity index (χ0v) is 16.5. The van der Waals surface area contributed by atoms with E-state index in [9.17, 15) is 0 Å². The van der Waals surface area contributed by atoms with E-state index < -0.39 is 0 Å². The zero-order chi connectivity index (χ0) is 19.5. The van der Waals surface area contributed by atoms with Gasteiger partial charge in [0.1, 0.15) is 6.17 Å². The number of hydrogen-bond donors (Lipinski definition) is 1. The molecule has 6 rings (SSSR count). The number of nitrogens with one attached hydrogen (secondary N) is 1. The summed E-state index contributed by atoms with van der Waals surface area (Å²) in [6.45, 7) is 4.24. The summed E-state index contributed by atoms with van der Waals surface area (Å²) < 4.78 is 2.16. The molecule has 140 valence electrons. The Morgan fingerprint density at radius 2 is 1.48 bits per heavy atom. The number of para-hydroxylation sites is 1. The molecule has 3 heteroatoms. The van der Waals surface area contributed by atoms with Gasteiger partial charge in [0.15, 0.2) is 0 Å². The van der Waals surface area contributed by atoms with Crippen LogP contribution < -0.4 is 5.32 Å². The van der Waals surface area contributed by atoms with Gasteiger partial charge in [-0.05, 0) is 53.1 Å². The smallest absolute Gasteiger partial charge is 0.148 e. The first-order chi connectivity index (χ1) is 14.2. The Morgan fingerprint density at radius 3 is 2.21 bits per heavy atom. The van der Waals surface area contributed by atoms with E-state index in [1.54, 1.807) is 0 Å². The minimum Gasteiger partial charge on any atom is -0.359 e. The maximum Gasteiger partial charge on any atom is 0.148 e. The monoisotopic (exact) mass is 375 g/mol. The topological polar surface area (TPSA) is 29.9 Å². The molecule has 0 aliphatic carbocycles. The summed E-state index contributed by atoms with van der Waals surface area (Å²) in [6.07, 6.45) is -0.0664. The molecular weight excluding hydrogens is 354 g/mol. The Morgan fingerprint density at radius 1 is 0.793 bits per heavy atom. The van der Waals surface area contributed by atoms with E-state index in [0.717, 1.165) is 5.69 Å². The molecule has 0 fully saturated rings. The minimum absolute atomic E-state index is 0.0664. The first-order valence-electron chi connectivity index (χ1n) is 10.0. The van der Waals surface area contributed by atoms with Gasteiger partial charge in [-0.15, -0.1) is 0 Å². The van der Waals surface area contributed by atoms with Gasteiger partial charge >= 0.3 is 0 Å². The van der Waals surface area contributed by atoms with Crippen molar-refractivity contribution in [2.24, 2.45) is 0 Å². The molecule has 1 aromatic heterocycles. The molecule has 1 N–H and O–H groups in total. The highest BCUT2D eigenvalue weighted by Crippen LogP contribution is 2.43. The predicted molar refractivity (Wildman–Crippen MR) is 120 cm³/mol. The van der Waals surface area contributed by atoms with Crippen molar-refractivity contribution in [1.82, 2.24) is 9.78 Å². The van der Waals surface area contributed by atoms with E-state index in [-0.39, 0.29) is 6.17 Å². The molecule has 3 nitrogen and oxygen atoms in total. The number of anilines is 1. The number of hydrogen-bond acceptors (Lipinski definition) is 2. The zero-order valence-electron chi connectivity index (χ0n) is 16.5. The SMILES string of the molecule is Cc1cc2n(n1)[C@H](c1c3ccccc3cc3ccccc13)Nc1c(C)cccc1-2. The summed E-state index contributed by atoms with van der Waals surface area (Å²) in [4.78, 5) is 0. The number of nitrogens with zero attached hydrogens (tertiary/aromatic N) is 2. The van der Waals surface area contributed by atoms with Crippen LogP contribution in [0.2, 0.25) is 0 Å². The molecule has 2 heterocycles. The van der Waals surface area contributed by atoms with Gasteiger partial charge < -0.3 is 5.32 Å². The third-order valence-electron chi connectivity index (χ3n) is 6.02. The van der Waals surface area contributed by atoms with Crippen molar-refractivity contribution in [3.8, 4) is 11.3 Å². The third-order valence-corrected chi connectivity index (χ3v) is 6.02. The standard InChI is InChI=1S/C26H21N3/c1-16-8-7-13-22-23-14-17(2)28-29(23)26(27-25(16)22)24-20-11-5-3-9-18(20)15-19-10-4-6-12-21(19)24/h3-15,26-27H,1-2H3/t26-/m1/s1. The molecule has 4 aromatic carbocycles. The molecule has 0 saturated carbocycles. The lowest BCUT2D eigenvalue weighted by Gasteiger charge is -2.32. The van der Waals surface area contributed by atoms with Gasteiger partial charge in [0, 0.05) is 16.8 Å². The van der Waals surface area contributed by atoms with Crippen LogP contribution in [-0.4, -0.2) is 9.78 Å². The number of aryl methyl sites for hydroxylation is 2. The van der Waals surface area contributed by atoms with Crippen molar-refractivity contribution in [2.75, 3.05) is 5.32 Å². The highest BCUT2D eigenvalue weighted by molar-refractivity contribution is 6.03. The largest absolute Gasteiger partial charge is 0.359 e. The highest BCUT2D eigenvalue weighted by atomic mass is 15.4. The lowest BCUT2D eigenvalue weighted by atomic mass is 9.93. The second kappa shape index (κ2) is 5.95. The van der Waals surface area contributed by atoms with Crippen LogP contribution in [0.1, 0.15) is 23.0 Å². The molecule has 0 spiro atoms. The maximum atomic E-state index is 4.91. The van der Waals surface area contributed by atoms with E-state index in [4.69, 9.17) is 5.10 Å². The molecule has 0 amide bonds. The summed E-state index contributed by atoms with van der Waals surface area (Å²) in [5, 5.41) is 13.8. The van der Waals surface area contributed by atoms with Crippen molar-refractivity contribution in [3.63, 3.8) is 0 Å². The molecule has 29 heavy (non-hydrogen) atoms. The van der Waals surface area contributed by atoms with E-state index in [0.29, 0.717) is 0 Å². The molecule has 5 aromatic rings. The fourth-order valence-corrected chi connectivity index (χ4v) is 4.72. The Kier molecular flexibility index (Phi) is 3.36. The number of aromatic nitrogens is 2. The summed E-state index contributed by atoms with van der Waals surface area (Å²) in [5.41, 5.74) is 7.14. The number of rotatable bonds is 1. The Hall–Kier alpha value is -3.59. The Balaban J connectivity index is 1.73. The molecule has 1 aliphatic rings. The summed E-state index contributed by atoms with van der Waals surface area (Å²) in [7, 11) is 0. The minimum atomic E-state index is -0.0664. The molecule has 1 atom stereocenters. The fourth-order valence-electron chi connectivity index (χ4n) is 4.72. The lowest BCUT2D eigenvalue weighted by Crippen LogP contribution is -2.26. The second-order valence-corrected chi connectivity index (χ2v) is 7.89. The van der Waals surface area contributed by atoms with Crippen molar-refractivity contribution < 1.29 is 0 Å². The summed E-state index contributed by atoms with van der Waals surface area (Å²) >= 11 is 0. The van der Waals surface area contributed by atoms with Crippen molar-refractivity contribution in [3.05, 3.63) is 95.7 Å². The van der Waals surface area contributed by atoms with Crippen LogP contribution in [0.15, 0.2) is 78.9 Å². The molecule has 0 radical (unpaired) electrons. The van der Waals surface area contributed by atoms with Crippen LogP contribution in [0, 0.1) is 13.8 Å². The summed E-state index contributed by atoms with van der Waals surface area (Å²) in [6, 6.07) is 28.3. The average Bonchev–Trinajstić information content (AvgIpc) is 3.14. The van der Waals surface area contributed by atoms with Crippen LogP contribution in [0.3, 0.4) is 0 Å². The summed E-state index contributed by atoms with van der Waals surface area (Å²) in [5.74, 6) is 0. The first kappa shape index (κ1) is 16.4. The van der Waals surface area contributed by atoms with E-state index in [2.05, 4.69) is 103 Å². The Bertz CT molecular complexity index is 1360. The van der Waals surface area contributed by atoms with Gasteiger partial charge in [-0.1, -0.05) is 66.7 Å². The molecule has 1 aliphatic heterocycles. The van der Waals surface area contributed by atoms with E-state index in [1.165, 1.54) is 49.6 Å². The predicted octanol–water partition coefficient (Wildman–Crippen LogP) is 6.45. The first-order valence-corrected chi connectivity index (χ1v) is 10.0. The van der Waals surface area contributed by atoms with Crippen molar-refractivity contribution in [1.29, 1.82) is 0 Å². The van der Waals surface area contributed by atoms with E-state index in [1.807, 2.05) is 0 Å². The Labute approximate surface area is 169 Å². The second-order valence-electron chi connectivity index (χ2n) is 7.89. The van der Waals surface area contributed by atoms with Crippen LogP contribution in [0.5, 0.6) is 0 Å². The normalized spacial score (nSPS) is 15.2. The van der Waals surface area contributed by atoms with Crippen molar-refractivity contribution in [2.45, 2.75) is 20.0 Å².